The minimum Gasteiger partial charge on any atom is -0.494 e. The van der Waals surface area contributed by atoms with Gasteiger partial charge in [-0.15, -0.1) is 0 Å². The highest BCUT2D eigenvalue weighted by atomic mass is 19.4. The Morgan fingerprint density at radius 3 is 2.09 bits per heavy atom. The molecule has 1 spiro atoms. The summed E-state index contributed by atoms with van der Waals surface area (Å²) in [5, 5.41) is 7.12. The van der Waals surface area contributed by atoms with E-state index in [0.29, 0.717) is 30.3 Å². The summed E-state index contributed by atoms with van der Waals surface area (Å²) in [6, 6.07) is 8.42. The lowest BCUT2D eigenvalue weighted by Crippen LogP contribution is -2.48. The zero-order valence-electron chi connectivity index (χ0n) is 20.4. The third-order valence-electron chi connectivity index (χ3n) is 6.59. The van der Waals surface area contributed by atoms with Crippen molar-refractivity contribution in [3.63, 3.8) is 0 Å². The molecular formula is C25H37F3N2O4. The molecule has 2 aliphatic heterocycles. The third kappa shape index (κ3) is 8.49. The zero-order chi connectivity index (χ0) is 25.4. The molecule has 0 atom stereocenters. The van der Waals surface area contributed by atoms with Crippen LogP contribution in [0.15, 0.2) is 24.3 Å². The molecule has 2 aliphatic rings. The molecule has 2 saturated heterocycles. The van der Waals surface area contributed by atoms with Crippen LogP contribution in [0.2, 0.25) is 0 Å². The van der Waals surface area contributed by atoms with Gasteiger partial charge in [-0.3, -0.25) is 9.69 Å². The van der Waals surface area contributed by atoms with Gasteiger partial charge in [0.2, 0.25) is 5.91 Å². The number of hydrogen-bond acceptors (Lipinski definition) is 4. The van der Waals surface area contributed by atoms with E-state index in [0.717, 1.165) is 38.5 Å². The molecule has 0 unspecified atom stereocenters. The van der Waals surface area contributed by atoms with E-state index in [9.17, 15) is 18.0 Å². The van der Waals surface area contributed by atoms with Gasteiger partial charge in [-0.25, -0.2) is 4.79 Å². The molecule has 6 nitrogen and oxygen atoms in total. The van der Waals surface area contributed by atoms with Crippen molar-refractivity contribution >= 4 is 11.9 Å². The first-order chi connectivity index (χ1) is 16.0. The zero-order valence-corrected chi connectivity index (χ0v) is 20.4. The van der Waals surface area contributed by atoms with E-state index in [1.54, 1.807) is 0 Å². The van der Waals surface area contributed by atoms with Gasteiger partial charge in [0, 0.05) is 31.6 Å². The molecule has 1 N–H and O–H groups in total. The second kappa shape index (κ2) is 12.4. The highest BCUT2D eigenvalue weighted by Crippen LogP contribution is 2.41. The van der Waals surface area contributed by atoms with Crippen molar-refractivity contribution in [2.75, 3.05) is 32.8 Å². The lowest BCUT2D eigenvalue weighted by atomic mass is 9.71. The highest BCUT2D eigenvalue weighted by molar-refractivity contribution is 5.76. The molecule has 1 aromatic carbocycles. The molecule has 1 aromatic rings. The van der Waals surface area contributed by atoms with Gasteiger partial charge in [-0.05, 0) is 63.1 Å². The molecule has 0 aromatic heterocycles. The number of para-hydroxylation sites is 1. The molecule has 2 fully saturated rings. The number of carbonyl (C=O) groups excluding carboxylic acids is 1. The fourth-order valence-electron chi connectivity index (χ4n) is 4.57. The Balaban J connectivity index is 0.000000509. The molecule has 0 bridgehead atoms. The van der Waals surface area contributed by atoms with Gasteiger partial charge in [0.15, 0.2) is 0 Å². The number of benzene rings is 1. The Morgan fingerprint density at radius 2 is 1.59 bits per heavy atom. The van der Waals surface area contributed by atoms with Crippen molar-refractivity contribution in [2.45, 2.75) is 65.6 Å². The van der Waals surface area contributed by atoms with Gasteiger partial charge >= 0.3 is 12.1 Å². The second-order valence-corrected chi connectivity index (χ2v) is 9.60. The van der Waals surface area contributed by atoms with Gasteiger partial charge < -0.3 is 14.7 Å². The summed E-state index contributed by atoms with van der Waals surface area (Å²) in [5.74, 6) is -0.925. The van der Waals surface area contributed by atoms with Crippen LogP contribution in [-0.4, -0.2) is 65.7 Å². The summed E-state index contributed by atoms with van der Waals surface area (Å²) >= 11 is 0. The summed E-state index contributed by atoms with van der Waals surface area (Å²) in [5.41, 5.74) is 1.76. The minimum atomic E-state index is -5.08. The fraction of sp³-hybridized carbons (Fsp3) is 0.680. The maximum absolute atomic E-state index is 12.3. The fourth-order valence-corrected chi connectivity index (χ4v) is 4.57. The van der Waals surface area contributed by atoms with Gasteiger partial charge in [0.05, 0.1) is 6.61 Å². The molecule has 2 heterocycles. The molecule has 192 valence electrons. The van der Waals surface area contributed by atoms with Gasteiger partial charge in [0.1, 0.15) is 5.75 Å². The molecule has 1 amide bonds. The van der Waals surface area contributed by atoms with Crippen molar-refractivity contribution in [2.24, 2.45) is 11.3 Å². The standard InChI is InChI=1S/C23H36N2O2.C2HF3O2/c1-4-27-21-8-6-5-7-20(21)18-24-13-9-23(10-14-24)11-15-25(16-12-23)22(26)17-19(2)3;3-2(4,5)1(6)7/h5-8,19H,4,9-18H2,1-3H3;(H,6,7). The number of hydrogen-bond donors (Lipinski definition) is 1. The molecule has 3 rings (SSSR count). The van der Waals surface area contributed by atoms with Crippen LogP contribution in [0.3, 0.4) is 0 Å². The number of carboxylic acid groups (broad SMARTS) is 1. The Morgan fingerprint density at radius 1 is 1.06 bits per heavy atom. The number of nitrogens with zero attached hydrogens (tertiary/aromatic N) is 2. The second-order valence-electron chi connectivity index (χ2n) is 9.60. The van der Waals surface area contributed by atoms with Crippen LogP contribution in [-0.2, 0) is 16.1 Å². The van der Waals surface area contributed by atoms with Crippen LogP contribution in [0, 0.1) is 11.3 Å². The summed E-state index contributed by atoms with van der Waals surface area (Å²) in [4.78, 5) is 25.9. The maximum Gasteiger partial charge on any atom is 0.490 e. The van der Waals surface area contributed by atoms with Crippen molar-refractivity contribution in [1.82, 2.24) is 9.80 Å². The summed E-state index contributed by atoms with van der Waals surface area (Å²) < 4.78 is 37.5. The number of alkyl halides is 3. The quantitative estimate of drug-likeness (QED) is 0.615. The van der Waals surface area contributed by atoms with Crippen molar-refractivity contribution in [3.05, 3.63) is 29.8 Å². The van der Waals surface area contributed by atoms with Crippen LogP contribution in [0.5, 0.6) is 5.75 Å². The van der Waals surface area contributed by atoms with E-state index in [1.807, 2.05) is 13.0 Å². The Hall–Kier alpha value is -2.29. The Labute approximate surface area is 200 Å². The van der Waals surface area contributed by atoms with Crippen molar-refractivity contribution in [1.29, 1.82) is 0 Å². The smallest absolute Gasteiger partial charge is 0.490 e. The number of aliphatic carboxylic acids is 1. The van der Waals surface area contributed by atoms with Gasteiger partial charge in [-0.2, -0.15) is 13.2 Å². The van der Waals surface area contributed by atoms with Gasteiger partial charge in [0.25, 0.3) is 0 Å². The van der Waals surface area contributed by atoms with Crippen LogP contribution >= 0.6 is 0 Å². The van der Waals surface area contributed by atoms with Crippen LogP contribution in [0.4, 0.5) is 13.2 Å². The predicted molar refractivity (Wildman–Crippen MR) is 124 cm³/mol. The van der Waals surface area contributed by atoms with Crippen molar-refractivity contribution < 1.29 is 32.6 Å². The lowest BCUT2D eigenvalue weighted by Gasteiger charge is -2.47. The van der Waals surface area contributed by atoms with Crippen LogP contribution < -0.4 is 4.74 Å². The number of amides is 1. The van der Waals surface area contributed by atoms with E-state index in [1.165, 1.54) is 31.2 Å². The first-order valence-electron chi connectivity index (χ1n) is 12.0. The lowest BCUT2D eigenvalue weighted by molar-refractivity contribution is -0.192. The average Bonchev–Trinajstić information content (AvgIpc) is 2.77. The molecule has 34 heavy (non-hydrogen) atoms. The van der Waals surface area contributed by atoms with E-state index >= 15 is 0 Å². The summed E-state index contributed by atoms with van der Waals surface area (Å²) in [7, 11) is 0. The predicted octanol–water partition coefficient (Wildman–Crippen LogP) is 4.97. The number of likely N-dealkylation sites (tertiary alicyclic amines) is 2. The van der Waals surface area contributed by atoms with E-state index in [2.05, 4.69) is 41.8 Å². The van der Waals surface area contributed by atoms with Crippen LogP contribution in [0.1, 0.15) is 58.4 Å². The van der Waals surface area contributed by atoms with E-state index in [4.69, 9.17) is 14.6 Å². The third-order valence-corrected chi connectivity index (χ3v) is 6.59. The number of rotatable bonds is 6. The normalized spacial score (nSPS) is 18.4. The first-order valence-corrected chi connectivity index (χ1v) is 12.0. The topological polar surface area (TPSA) is 70.1 Å². The number of carboxylic acids is 1. The van der Waals surface area contributed by atoms with Crippen molar-refractivity contribution in [3.8, 4) is 5.75 Å². The summed E-state index contributed by atoms with van der Waals surface area (Å²) in [6.45, 7) is 12.2. The molecule has 0 saturated carbocycles. The number of carbonyl (C=O) groups is 2. The number of ether oxygens (including phenoxy) is 1. The maximum atomic E-state index is 12.3. The monoisotopic (exact) mass is 486 g/mol. The Kier molecular flexibility index (Phi) is 10.2. The molecular weight excluding hydrogens is 449 g/mol. The highest BCUT2D eigenvalue weighted by Gasteiger charge is 2.39. The molecule has 0 radical (unpaired) electrons. The number of halogens is 3. The Bertz CT molecular complexity index is 796. The minimum absolute atomic E-state index is 0.352. The molecule has 0 aliphatic carbocycles. The average molecular weight is 487 g/mol. The van der Waals surface area contributed by atoms with Crippen LogP contribution in [0.25, 0.3) is 0 Å². The molecule has 9 heteroatoms. The SMILES string of the molecule is CCOc1ccccc1CN1CCC2(CC1)CCN(C(=O)CC(C)C)CC2.O=C(O)C(F)(F)F. The first kappa shape index (κ1) is 28.0. The van der Waals surface area contributed by atoms with Gasteiger partial charge in [-0.1, -0.05) is 32.0 Å². The van der Waals surface area contributed by atoms with E-state index < -0.39 is 12.1 Å². The summed E-state index contributed by atoms with van der Waals surface area (Å²) in [6.07, 6.45) is 0.493. The number of piperidine rings is 2. The van der Waals surface area contributed by atoms with E-state index in [-0.39, 0.29) is 0 Å². The largest absolute Gasteiger partial charge is 0.494 e.